The van der Waals surface area contributed by atoms with E-state index in [4.69, 9.17) is 9.47 Å². The van der Waals surface area contributed by atoms with Crippen LogP contribution < -0.4 is 14.8 Å². The van der Waals surface area contributed by atoms with Gasteiger partial charge in [0.25, 0.3) is 0 Å². The van der Waals surface area contributed by atoms with E-state index in [1.807, 2.05) is 0 Å². The largest absolute Gasteiger partial charge is 0.493 e. The minimum Gasteiger partial charge on any atom is -0.493 e. The molecule has 0 radical (unpaired) electrons. The third-order valence-corrected chi connectivity index (χ3v) is 2.61. The van der Waals surface area contributed by atoms with Crippen LogP contribution in [0.4, 0.5) is 13.2 Å². The van der Waals surface area contributed by atoms with Crippen molar-refractivity contribution in [3.05, 3.63) is 23.3 Å². The lowest BCUT2D eigenvalue weighted by molar-refractivity contribution is -0.140. The van der Waals surface area contributed by atoms with Crippen LogP contribution in [0.5, 0.6) is 11.5 Å². The zero-order valence-corrected chi connectivity index (χ0v) is 10.8. The fourth-order valence-corrected chi connectivity index (χ4v) is 1.78. The van der Waals surface area contributed by atoms with Gasteiger partial charge in [0.2, 0.25) is 6.41 Å². The molecule has 1 atom stereocenters. The standard InChI is InChI=1S/C12H14F3NO4/c1-19-9-4-3-7(8(18)5-16-6-17)10(11(9)20-2)12(13,14)15/h3-4,6,8,18H,5H2,1-2H3,(H,16,17). The molecule has 1 amide bonds. The van der Waals surface area contributed by atoms with Crippen molar-refractivity contribution in [3.63, 3.8) is 0 Å². The van der Waals surface area contributed by atoms with Crippen LogP contribution in [0.25, 0.3) is 0 Å². The van der Waals surface area contributed by atoms with E-state index < -0.39 is 29.2 Å². The monoisotopic (exact) mass is 293 g/mol. The molecule has 0 fully saturated rings. The molecule has 20 heavy (non-hydrogen) atoms. The Bertz CT molecular complexity index is 477. The van der Waals surface area contributed by atoms with Gasteiger partial charge in [-0.15, -0.1) is 0 Å². The summed E-state index contributed by atoms with van der Waals surface area (Å²) in [5, 5.41) is 11.9. The molecule has 8 heteroatoms. The highest BCUT2D eigenvalue weighted by Gasteiger charge is 2.40. The maximum absolute atomic E-state index is 13.2. The van der Waals surface area contributed by atoms with Crippen molar-refractivity contribution < 1.29 is 32.5 Å². The summed E-state index contributed by atoms with van der Waals surface area (Å²) in [7, 11) is 2.29. The normalized spacial score (nSPS) is 12.7. The highest BCUT2D eigenvalue weighted by molar-refractivity contribution is 5.53. The summed E-state index contributed by atoms with van der Waals surface area (Å²) in [6, 6.07) is 2.34. The van der Waals surface area contributed by atoms with E-state index in [0.29, 0.717) is 0 Å². The molecule has 1 rings (SSSR count). The van der Waals surface area contributed by atoms with E-state index in [-0.39, 0.29) is 18.7 Å². The molecule has 0 saturated carbocycles. The van der Waals surface area contributed by atoms with Gasteiger partial charge >= 0.3 is 6.18 Å². The molecule has 5 nitrogen and oxygen atoms in total. The Kier molecular flexibility index (Phi) is 5.20. The average molecular weight is 293 g/mol. The Morgan fingerprint density at radius 3 is 2.45 bits per heavy atom. The number of alkyl halides is 3. The Labute approximate surface area is 113 Å². The van der Waals surface area contributed by atoms with E-state index in [0.717, 1.165) is 13.2 Å². The molecule has 0 spiro atoms. The number of benzene rings is 1. The summed E-state index contributed by atoms with van der Waals surface area (Å²) in [5.74, 6) is -0.609. The molecule has 0 saturated heterocycles. The number of carbonyl (C=O) groups excluding carboxylic acids is 1. The summed E-state index contributed by atoms with van der Waals surface area (Å²) in [4.78, 5) is 10.2. The molecule has 1 aromatic rings. The number of aliphatic hydroxyl groups excluding tert-OH is 1. The van der Waals surface area contributed by atoms with Crippen LogP contribution in [0.3, 0.4) is 0 Å². The number of amides is 1. The molecule has 0 aliphatic carbocycles. The van der Waals surface area contributed by atoms with Crippen LogP contribution in [0.15, 0.2) is 12.1 Å². The first-order valence-electron chi connectivity index (χ1n) is 5.54. The fraction of sp³-hybridized carbons (Fsp3) is 0.417. The second kappa shape index (κ2) is 6.47. The van der Waals surface area contributed by atoms with Crippen LogP contribution in [-0.2, 0) is 11.0 Å². The third kappa shape index (κ3) is 3.32. The first-order chi connectivity index (χ1) is 9.36. The smallest absolute Gasteiger partial charge is 0.420 e. The lowest BCUT2D eigenvalue weighted by Crippen LogP contribution is -2.23. The fourth-order valence-electron chi connectivity index (χ4n) is 1.78. The van der Waals surface area contributed by atoms with Gasteiger partial charge in [0.15, 0.2) is 11.5 Å². The van der Waals surface area contributed by atoms with Crippen LogP contribution >= 0.6 is 0 Å². The Balaban J connectivity index is 3.40. The Morgan fingerprint density at radius 1 is 1.35 bits per heavy atom. The van der Waals surface area contributed by atoms with E-state index >= 15 is 0 Å². The Morgan fingerprint density at radius 2 is 2.00 bits per heavy atom. The van der Waals surface area contributed by atoms with Crippen molar-refractivity contribution in [2.45, 2.75) is 12.3 Å². The zero-order valence-electron chi connectivity index (χ0n) is 10.8. The highest BCUT2D eigenvalue weighted by atomic mass is 19.4. The number of aliphatic hydroxyl groups is 1. The summed E-state index contributed by atoms with van der Waals surface area (Å²) in [5.41, 5.74) is -1.52. The molecular weight excluding hydrogens is 279 g/mol. The summed E-state index contributed by atoms with van der Waals surface area (Å²) < 4.78 is 49.0. The van der Waals surface area contributed by atoms with Gasteiger partial charge in [-0.25, -0.2) is 0 Å². The number of hydrogen-bond acceptors (Lipinski definition) is 4. The number of carbonyl (C=O) groups is 1. The SMILES string of the molecule is COc1ccc(C(O)CNC=O)c(C(F)(F)F)c1OC. The molecule has 0 aliphatic heterocycles. The Hall–Kier alpha value is -1.96. The maximum atomic E-state index is 13.2. The summed E-state index contributed by atoms with van der Waals surface area (Å²) in [6.07, 6.45) is -5.97. The number of nitrogens with one attached hydrogen (secondary N) is 1. The molecular formula is C12H14F3NO4. The quantitative estimate of drug-likeness (QED) is 0.780. The van der Waals surface area contributed by atoms with Crippen molar-refractivity contribution in [2.24, 2.45) is 0 Å². The second-order valence-corrected chi connectivity index (χ2v) is 3.80. The topological polar surface area (TPSA) is 67.8 Å². The number of hydrogen-bond donors (Lipinski definition) is 2. The first-order valence-corrected chi connectivity index (χ1v) is 5.54. The first kappa shape index (κ1) is 16.1. The molecule has 1 unspecified atom stereocenters. The van der Waals surface area contributed by atoms with Gasteiger partial charge in [-0.3, -0.25) is 4.79 Å². The molecule has 112 valence electrons. The molecule has 1 aromatic carbocycles. The predicted molar refractivity (Wildman–Crippen MR) is 63.6 cm³/mol. The van der Waals surface area contributed by atoms with Gasteiger partial charge in [0.05, 0.1) is 20.3 Å². The molecule has 0 aliphatic rings. The van der Waals surface area contributed by atoms with Crippen molar-refractivity contribution in [1.29, 1.82) is 0 Å². The minimum absolute atomic E-state index is 0.0980. The van der Waals surface area contributed by atoms with E-state index in [1.165, 1.54) is 13.2 Å². The zero-order chi connectivity index (χ0) is 15.3. The van der Waals surface area contributed by atoms with Gasteiger partial charge < -0.3 is 19.9 Å². The number of methoxy groups -OCH3 is 2. The maximum Gasteiger partial charge on any atom is 0.420 e. The van der Waals surface area contributed by atoms with E-state index in [2.05, 4.69) is 5.32 Å². The van der Waals surface area contributed by atoms with Crippen molar-refractivity contribution in [2.75, 3.05) is 20.8 Å². The van der Waals surface area contributed by atoms with Gasteiger partial charge in [-0.2, -0.15) is 13.2 Å². The lowest BCUT2D eigenvalue weighted by Gasteiger charge is -2.21. The lowest BCUT2D eigenvalue weighted by atomic mass is 10.00. The average Bonchev–Trinajstić information content (AvgIpc) is 2.41. The molecule has 2 N–H and O–H groups in total. The van der Waals surface area contributed by atoms with Gasteiger partial charge in [-0.05, 0) is 11.6 Å². The molecule has 0 bridgehead atoms. The number of ether oxygens (including phenoxy) is 2. The predicted octanol–water partition coefficient (Wildman–Crippen LogP) is 1.50. The summed E-state index contributed by atoms with van der Waals surface area (Å²) in [6.45, 7) is -0.345. The van der Waals surface area contributed by atoms with E-state index in [1.54, 1.807) is 0 Å². The summed E-state index contributed by atoms with van der Waals surface area (Å²) >= 11 is 0. The van der Waals surface area contributed by atoms with Crippen LogP contribution in [-0.4, -0.2) is 32.3 Å². The van der Waals surface area contributed by atoms with Crippen molar-refractivity contribution in [3.8, 4) is 11.5 Å². The van der Waals surface area contributed by atoms with Gasteiger partial charge in [0, 0.05) is 6.54 Å². The molecule has 0 heterocycles. The van der Waals surface area contributed by atoms with Gasteiger partial charge in [0.1, 0.15) is 5.56 Å². The minimum atomic E-state index is -4.74. The van der Waals surface area contributed by atoms with Crippen molar-refractivity contribution in [1.82, 2.24) is 5.32 Å². The van der Waals surface area contributed by atoms with E-state index in [9.17, 15) is 23.1 Å². The van der Waals surface area contributed by atoms with Crippen LogP contribution in [0.2, 0.25) is 0 Å². The van der Waals surface area contributed by atoms with Crippen molar-refractivity contribution >= 4 is 6.41 Å². The number of rotatable bonds is 6. The van der Waals surface area contributed by atoms with Crippen LogP contribution in [0, 0.1) is 0 Å². The molecule has 0 aromatic heterocycles. The highest BCUT2D eigenvalue weighted by Crippen LogP contribution is 2.45. The van der Waals surface area contributed by atoms with Crippen LogP contribution in [0.1, 0.15) is 17.2 Å². The second-order valence-electron chi connectivity index (χ2n) is 3.80. The number of halogens is 3. The third-order valence-electron chi connectivity index (χ3n) is 2.61. The van der Waals surface area contributed by atoms with Gasteiger partial charge in [-0.1, -0.05) is 6.07 Å².